The summed E-state index contributed by atoms with van der Waals surface area (Å²) >= 11 is 0. The molecule has 0 spiro atoms. The SMILES string of the molecule is c1ccc(-n2c3ccccc3c3ccccc32)c(N(c2ccc(-c3ccc(-c4cccc5ccccc45)cc3)cc2)c2ccc(-c3cccc4ccccc34)cc2)c1. The van der Waals surface area contributed by atoms with Gasteiger partial charge in [-0.1, -0.05) is 182 Å². The Kier molecular flexibility index (Phi) is 8.19. The second-order valence-electron chi connectivity index (χ2n) is 14.9. The molecule has 0 saturated heterocycles. The normalized spacial score (nSPS) is 11.4. The first-order valence-electron chi connectivity index (χ1n) is 19.9. The first kappa shape index (κ1) is 33.6. The van der Waals surface area contributed by atoms with Gasteiger partial charge in [0.2, 0.25) is 0 Å². The largest absolute Gasteiger partial charge is 0.308 e. The summed E-state index contributed by atoms with van der Waals surface area (Å²) in [5, 5.41) is 7.52. The van der Waals surface area contributed by atoms with Crippen molar-refractivity contribution in [3.05, 3.63) is 231 Å². The number of aromatic nitrogens is 1. The molecule has 0 aliphatic rings. The van der Waals surface area contributed by atoms with Gasteiger partial charge < -0.3 is 9.47 Å². The average molecular weight is 739 g/mol. The molecule has 10 aromatic carbocycles. The third-order valence-corrected chi connectivity index (χ3v) is 11.6. The van der Waals surface area contributed by atoms with Crippen LogP contribution in [0.1, 0.15) is 0 Å². The molecular weight excluding hydrogens is 701 g/mol. The monoisotopic (exact) mass is 738 g/mol. The number of anilines is 3. The summed E-state index contributed by atoms with van der Waals surface area (Å²) in [5.74, 6) is 0. The van der Waals surface area contributed by atoms with Gasteiger partial charge in [0.15, 0.2) is 0 Å². The fraction of sp³-hybridized carbons (Fsp3) is 0. The van der Waals surface area contributed by atoms with Crippen LogP contribution in [-0.4, -0.2) is 4.57 Å². The summed E-state index contributed by atoms with van der Waals surface area (Å²) in [6, 6.07) is 83.6. The zero-order valence-corrected chi connectivity index (χ0v) is 31.8. The standard InChI is InChI=1S/C56H38N2/c1-3-17-47-41(13-1)15-11-21-49(47)43-29-27-39(28-30-43)40-31-35-45(36-32-40)57(46-37-33-44(34-38-46)50-22-12-16-42-14-2-4-18-48(42)50)55-25-9-10-26-56(55)58-53-23-7-5-19-51(53)52-20-6-8-24-54(52)58/h1-38H. The van der Waals surface area contributed by atoms with Gasteiger partial charge in [0.1, 0.15) is 0 Å². The Morgan fingerprint density at radius 1 is 0.276 bits per heavy atom. The molecule has 2 nitrogen and oxygen atoms in total. The number of hydrogen-bond donors (Lipinski definition) is 0. The zero-order chi connectivity index (χ0) is 38.4. The van der Waals surface area contributed by atoms with E-state index in [-0.39, 0.29) is 0 Å². The van der Waals surface area contributed by atoms with Crippen LogP contribution in [-0.2, 0) is 0 Å². The van der Waals surface area contributed by atoms with Gasteiger partial charge in [0, 0.05) is 22.1 Å². The van der Waals surface area contributed by atoms with Crippen LogP contribution in [0.2, 0.25) is 0 Å². The Bertz CT molecular complexity index is 3200. The summed E-state index contributed by atoms with van der Waals surface area (Å²) in [6.45, 7) is 0. The second-order valence-corrected chi connectivity index (χ2v) is 14.9. The van der Waals surface area contributed by atoms with Gasteiger partial charge >= 0.3 is 0 Å². The highest BCUT2D eigenvalue weighted by Gasteiger charge is 2.21. The molecule has 0 radical (unpaired) electrons. The van der Waals surface area contributed by atoms with Gasteiger partial charge in [-0.2, -0.15) is 0 Å². The molecule has 2 heteroatoms. The third kappa shape index (κ3) is 5.74. The molecule has 11 aromatic rings. The molecule has 58 heavy (non-hydrogen) atoms. The highest BCUT2D eigenvalue weighted by molar-refractivity contribution is 6.10. The van der Waals surface area contributed by atoms with Crippen LogP contribution in [0.4, 0.5) is 17.1 Å². The van der Waals surface area contributed by atoms with Gasteiger partial charge in [-0.3, -0.25) is 0 Å². The Morgan fingerprint density at radius 2 is 0.655 bits per heavy atom. The Labute approximate surface area is 338 Å². The van der Waals surface area contributed by atoms with Crippen molar-refractivity contribution in [2.45, 2.75) is 0 Å². The van der Waals surface area contributed by atoms with E-state index in [1.54, 1.807) is 0 Å². The van der Waals surface area contributed by atoms with Gasteiger partial charge in [-0.25, -0.2) is 0 Å². The van der Waals surface area contributed by atoms with Gasteiger partial charge in [-0.05, 0) is 103 Å². The molecule has 0 bridgehead atoms. The highest BCUT2D eigenvalue weighted by atomic mass is 15.2. The van der Waals surface area contributed by atoms with E-state index in [4.69, 9.17) is 0 Å². The highest BCUT2D eigenvalue weighted by Crippen LogP contribution is 2.43. The molecule has 0 atom stereocenters. The summed E-state index contributed by atoms with van der Waals surface area (Å²) in [6.07, 6.45) is 0. The fourth-order valence-electron chi connectivity index (χ4n) is 8.84. The molecule has 0 fully saturated rings. The molecule has 1 aromatic heterocycles. The maximum Gasteiger partial charge on any atom is 0.0702 e. The smallest absolute Gasteiger partial charge is 0.0702 e. The minimum absolute atomic E-state index is 1.09. The van der Waals surface area contributed by atoms with Gasteiger partial charge in [-0.15, -0.1) is 0 Å². The molecule has 0 N–H and O–H groups in total. The van der Waals surface area contributed by atoms with Gasteiger partial charge in [0.05, 0.1) is 22.4 Å². The molecule has 0 aliphatic carbocycles. The van der Waals surface area contributed by atoms with Crippen LogP contribution in [0.5, 0.6) is 0 Å². The summed E-state index contributed by atoms with van der Waals surface area (Å²) in [7, 11) is 0. The second kappa shape index (κ2) is 14.1. The topological polar surface area (TPSA) is 8.17 Å². The van der Waals surface area contributed by atoms with E-state index in [2.05, 4.69) is 240 Å². The number of nitrogens with zero attached hydrogens (tertiary/aromatic N) is 2. The van der Waals surface area contributed by atoms with Crippen LogP contribution in [0, 0.1) is 0 Å². The van der Waals surface area contributed by atoms with E-state index in [0.29, 0.717) is 0 Å². The maximum atomic E-state index is 2.42. The molecule has 1 heterocycles. The quantitative estimate of drug-likeness (QED) is 0.158. The molecule has 11 rings (SSSR count). The minimum atomic E-state index is 1.09. The van der Waals surface area contributed by atoms with Crippen molar-refractivity contribution in [3.8, 4) is 39.1 Å². The van der Waals surface area contributed by atoms with Gasteiger partial charge in [0.25, 0.3) is 0 Å². The number of para-hydroxylation sites is 4. The van der Waals surface area contributed by atoms with Crippen molar-refractivity contribution in [1.29, 1.82) is 0 Å². The third-order valence-electron chi connectivity index (χ3n) is 11.6. The first-order valence-corrected chi connectivity index (χ1v) is 19.9. The van der Waals surface area contributed by atoms with E-state index in [0.717, 1.165) is 22.7 Å². The Hall–Kier alpha value is -7.68. The van der Waals surface area contributed by atoms with Crippen molar-refractivity contribution >= 4 is 60.4 Å². The summed E-state index contributed by atoms with van der Waals surface area (Å²) in [4.78, 5) is 2.40. The van der Waals surface area contributed by atoms with Crippen molar-refractivity contribution in [2.75, 3.05) is 4.90 Å². The minimum Gasteiger partial charge on any atom is -0.308 e. The van der Waals surface area contributed by atoms with E-state index in [1.165, 1.54) is 76.7 Å². The lowest BCUT2D eigenvalue weighted by molar-refractivity contribution is 1.15. The lowest BCUT2D eigenvalue weighted by Gasteiger charge is -2.28. The lowest BCUT2D eigenvalue weighted by atomic mass is 9.96. The zero-order valence-electron chi connectivity index (χ0n) is 31.8. The number of hydrogen-bond acceptors (Lipinski definition) is 1. The Morgan fingerprint density at radius 3 is 1.19 bits per heavy atom. The van der Waals surface area contributed by atoms with E-state index in [1.807, 2.05) is 0 Å². The van der Waals surface area contributed by atoms with Crippen molar-refractivity contribution in [2.24, 2.45) is 0 Å². The summed E-state index contributed by atoms with van der Waals surface area (Å²) in [5.41, 5.74) is 14.0. The fourth-order valence-corrected chi connectivity index (χ4v) is 8.84. The van der Waals surface area contributed by atoms with Crippen LogP contribution >= 0.6 is 0 Å². The van der Waals surface area contributed by atoms with Crippen LogP contribution in [0.25, 0.3) is 82.4 Å². The molecule has 0 aliphatic heterocycles. The predicted octanol–water partition coefficient (Wildman–Crippen LogP) is 15.6. The lowest BCUT2D eigenvalue weighted by Crippen LogP contribution is -2.13. The van der Waals surface area contributed by atoms with Crippen molar-refractivity contribution < 1.29 is 0 Å². The molecule has 272 valence electrons. The molecular formula is C56H38N2. The predicted molar refractivity (Wildman–Crippen MR) is 247 cm³/mol. The van der Waals surface area contributed by atoms with E-state index < -0.39 is 0 Å². The van der Waals surface area contributed by atoms with E-state index >= 15 is 0 Å². The summed E-state index contributed by atoms with van der Waals surface area (Å²) < 4.78 is 2.42. The maximum absolute atomic E-state index is 2.42. The number of fused-ring (bicyclic) bond motifs is 5. The van der Waals surface area contributed by atoms with Crippen LogP contribution < -0.4 is 4.90 Å². The Balaban J connectivity index is 1.03. The van der Waals surface area contributed by atoms with Crippen molar-refractivity contribution in [1.82, 2.24) is 4.57 Å². The van der Waals surface area contributed by atoms with Crippen molar-refractivity contribution in [3.63, 3.8) is 0 Å². The number of benzene rings is 10. The average Bonchev–Trinajstić information content (AvgIpc) is 3.64. The molecule has 0 amide bonds. The molecule has 0 saturated carbocycles. The van der Waals surface area contributed by atoms with Crippen LogP contribution in [0.3, 0.4) is 0 Å². The van der Waals surface area contributed by atoms with Crippen LogP contribution in [0.15, 0.2) is 231 Å². The number of rotatable bonds is 7. The van der Waals surface area contributed by atoms with E-state index in [9.17, 15) is 0 Å². The molecule has 0 unspecified atom stereocenters. The first-order chi connectivity index (χ1) is 28.8.